The number of anilines is 2. The van der Waals surface area contributed by atoms with E-state index < -0.39 is 0 Å². The van der Waals surface area contributed by atoms with Gasteiger partial charge in [-0.2, -0.15) is 5.10 Å². The molecule has 9 nitrogen and oxygen atoms in total. The van der Waals surface area contributed by atoms with E-state index in [9.17, 15) is 9.59 Å². The molecule has 0 radical (unpaired) electrons. The third-order valence-corrected chi connectivity index (χ3v) is 7.39. The molecular weight excluding hydrogens is 578 g/mol. The van der Waals surface area contributed by atoms with Gasteiger partial charge in [0.2, 0.25) is 0 Å². The number of hydrogen-bond acceptors (Lipinski definition) is 7. The van der Waals surface area contributed by atoms with Crippen molar-refractivity contribution in [3.63, 3.8) is 0 Å². The molecule has 1 aliphatic heterocycles. The molecule has 1 saturated heterocycles. The molecule has 0 bridgehead atoms. The topological polar surface area (TPSA) is 95.5 Å². The van der Waals surface area contributed by atoms with Crippen LogP contribution in [0.2, 0.25) is 5.02 Å². The second kappa shape index (κ2) is 15.0. The largest absolute Gasteiger partial charge is 0.495 e. The Bertz CT molecular complexity index is 1590. The van der Waals surface area contributed by atoms with Crippen molar-refractivity contribution in [2.75, 3.05) is 50.1 Å². The third kappa shape index (κ3) is 8.59. The van der Waals surface area contributed by atoms with Gasteiger partial charge in [-0.1, -0.05) is 41.9 Å². The highest BCUT2D eigenvalue weighted by Gasteiger charge is 2.19. The minimum Gasteiger partial charge on any atom is -0.495 e. The van der Waals surface area contributed by atoms with Crippen LogP contribution in [0.1, 0.15) is 21.5 Å². The van der Waals surface area contributed by atoms with E-state index in [4.69, 9.17) is 21.1 Å². The van der Waals surface area contributed by atoms with E-state index in [2.05, 4.69) is 31.7 Å². The molecule has 0 aromatic heterocycles. The van der Waals surface area contributed by atoms with Gasteiger partial charge in [-0.25, -0.2) is 5.43 Å². The number of carbonyl (C=O) groups is 2. The molecule has 10 heteroatoms. The number of nitrogens with one attached hydrogen (secondary N) is 2. The van der Waals surface area contributed by atoms with Gasteiger partial charge < -0.3 is 19.7 Å². The number of amides is 2. The monoisotopic (exact) mass is 611 g/mol. The van der Waals surface area contributed by atoms with Crippen molar-refractivity contribution in [2.45, 2.75) is 6.54 Å². The number of benzene rings is 4. The number of hydrogen-bond donors (Lipinski definition) is 2. The molecule has 2 N–H and O–H groups in total. The molecule has 0 aliphatic carbocycles. The standard InChI is InChI=1S/C34H34ClN5O4/c1-43-32-8-3-2-7-31(32)40-19-17-39(18-20-40)23-26-9-13-27(14-10-26)34(42)38-36-22-25-11-15-30(16-12-25)44-24-33(41)37-29-6-4-5-28(35)21-29/h2-16,21-22H,17-20,23-24H2,1H3,(H,37,41)(H,38,42)/b36-22+. The van der Waals surface area contributed by atoms with Gasteiger partial charge in [0.15, 0.2) is 6.61 Å². The number of methoxy groups -OCH3 is 1. The lowest BCUT2D eigenvalue weighted by molar-refractivity contribution is -0.118. The van der Waals surface area contributed by atoms with Crippen molar-refractivity contribution >= 4 is 41.0 Å². The molecule has 226 valence electrons. The zero-order valence-electron chi connectivity index (χ0n) is 24.4. The Hall–Kier alpha value is -4.86. The molecule has 0 spiro atoms. The van der Waals surface area contributed by atoms with Crippen LogP contribution in [0.25, 0.3) is 0 Å². The molecule has 0 unspecified atom stereocenters. The Morgan fingerprint density at radius 2 is 1.66 bits per heavy atom. The summed E-state index contributed by atoms with van der Waals surface area (Å²) in [7, 11) is 1.71. The van der Waals surface area contributed by atoms with Gasteiger partial charge in [-0.15, -0.1) is 0 Å². The van der Waals surface area contributed by atoms with Crippen LogP contribution in [-0.2, 0) is 11.3 Å². The lowest BCUT2D eigenvalue weighted by atomic mass is 10.1. The fourth-order valence-corrected chi connectivity index (χ4v) is 5.04. The third-order valence-electron chi connectivity index (χ3n) is 7.16. The SMILES string of the molecule is COc1ccccc1N1CCN(Cc2ccc(C(=O)N/N=C/c3ccc(OCC(=O)Nc4cccc(Cl)c4)cc3)cc2)CC1. The fraction of sp³-hybridized carbons (Fsp3) is 0.206. The van der Waals surface area contributed by atoms with E-state index in [1.807, 2.05) is 42.5 Å². The van der Waals surface area contributed by atoms with Crippen LogP contribution >= 0.6 is 11.6 Å². The molecule has 4 aromatic carbocycles. The predicted molar refractivity (Wildman–Crippen MR) is 174 cm³/mol. The quantitative estimate of drug-likeness (QED) is 0.173. The molecule has 2 amide bonds. The summed E-state index contributed by atoms with van der Waals surface area (Å²) in [6, 6.07) is 29.7. The van der Waals surface area contributed by atoms with Gasteiger partial charge in [0.05, 0.1) is 19.0 Å². The summed E-state index contributed by atoms with van der Waals surface area (Å²) < 4.78 is 11.1. The Labute approximate surface area is 262 Å². The summed E-state index contributed by atoms with van der Waals surface area (Å²) >= 11 is 5.94. The highest BCUT2D eigenvalue weighted by Crippen LogP contribution is 2.28. The van der Waals surface area contributed by atoms with Crippen LogP contribution < -0.4 is 25.1 Å². The minimum atomic E-state index is -0.295. The van der Waals surface area contributed by atoms with Crippen LogP contribution in [-0.4, -0.2) is 62.8 Å². The van der Waals surface area contributed by atoms with E-state index in [1.165, 1.54) is 0 Å². The summed E-state index contributed by atoms with van der Waals surface area (Å²) in [5, 5.41) is 7.34. The normalized spacial score (nSPS) is 13.5. The first-order chi connectivity index (χ1) is 21.5. The van der Waals surface area contributed by atoms with Gasteiger partial charge in [0, 0.05) is 49.0 Å². The van der Waals surface area contributed by atoms with Crippen molar-refractivity contribution in [1.82, 2.24) is 10.3 Å². The number of piperazine rings is 1. The molecule has 5 rings (SSSR count). The van der Waals surface area contributed by atoms with Crippen LogP contribution in [0.5, 0.6) is 11.5 Å². The Balaban J connectivity index is 1.03. The summed E-state index contributed by atoms with van der Waals surface area (Å²) in [5.41, 5.74) is 6.76. The zero-order chi connectivity index (χ0) is 30.7. The number of para-hydroxylation sites is 2. The number of nitrogens with zero attached hydrogens (tertiary/aromatic N) is 3. The lowest BCUT2D eigenvalue weighted by Gasteiger charge is -2.36. The Morgan fingerprint density at radius 3 is 2.39 bits per heavy atom. The summed E-state index contributed by atoms with van der Waals surface area (Å²) in [4.78, 5) is 29.5. The van der Waals surface area contributed by atoms with Crippen LogP contribution in [0, 0.1) is 0 Å². The van der Waals surface area contributed by atoms with Gasteiger partial charge in [-0.3, -0.25) is 14.5 Å². The second-order valence-electron chi connectivity index (χ2n) is 10.2. The maximum atomic E-state index is 12.6. The molecule has 4 aromatic rings. The minimum absolute atomic E-state index is 0.144. The zero-order valence-corrected chi connectivity index (χ0v) is 25.2. The van der Waals surface area contributed by atoms with Crippen molar-refractivity contribution in [3.8, 4) is 11.5 Å². The predicted octanol–water partition coefficient (Wildman–Crippen LogP) is 5.45. The molecular formula is C34H34ClN5O4. The van der Waals surface area contributed by atoms with Crippen LogP contribution in [0.4, 0.5) is 11.4 Å². The average Bonchev–Trinajstić information content (AvgIpc) is 3.05. The number of carbonyl (C=O) groups excluding carboxylic acids is 2. The first kappa shape index (κ1) is 30.6. The van der Waals surface area contributed by atoms with Gasteiger partial charge >= 0.3 is 0 Å². The molecule has 44 heavy (non-hydrogen) atoms. The number of hydrazone groups is 1. The maximum absolute atomic E-state index is 12.6. The Morgan fingerprint density at radius 1 is 0.909 bits per heavy atom. The molecule has 1 aliphatic rings. The molecule has 0 atom stereocenters. The average molecular weight is 612 g/mol. The fourth-order valence-electron chi connectivity index (χ4n) is 4.85. The van der Waals surface area contributed by atoms with E-state index >= 15 is 0 Å². The highest BCUT2D eigenvalue weighted by atomic mass is 35.5. The van der Waals surface area contributed by atoms with E-state index in [0.29, 0.717) is 22.0 Å². The highest BCUT2D eigenvalue weighted by molar-refractivity contribution is 6.30. The van der Waals surface area contributed by atoms with E-state index in [-0.39, 0.29) is 18.4 Å². The van der Waals surface area contributed by atoms with Crippen LogP contribution in [0.3, 0.4) is 0 Å². The van der Waals surface area contributed by atoms with Crippen molar-refractivity contribution in [3.05, 3.63) is 119 Å². The lowest BCUT2D eigenvalue weighted by Crippen LogP contribution is -2.46. The van der Waals surface area contributed by atoms with Crippen molar-refractivity contribution in [1.29, 1.82) is 0 Å². The van der Waals surface area contributed by atoms with Gasteiger partial charge in [0.1, 0.15) is 11.5 Å². The number of halogens is 1. The first-order valence-electron chi connectivity index (χ1n) is 14.3. The van der Waals surface area contributed by atoms with Gasteiger partial charge in [0.25, 0.3) is 11.8 Å². The number of rotatable bonds is 11. The molecule has 1 fully saturated rings. The molecule has 0 saturated carbocycles. The summed E-state index contributed by atoms with van der Waals surface area (Å²) in [6.45, 7) is 4.43. The number of ether oxygens (including phenoxy) is 2. The summed E-state index contributed by atoms with van der Waals surface area (Å²) in [5.74, 6) is 0.849. The van der Waals surface area contributed by atoms with Crippen molar-refractivity contribution in [2.24, 2.45) is 5.10 Å². The van der Waals surface area contributed by atoms with Gasteiger partial charge in [-0.05, 0) is 77.9 Å². The smallest absolute Gasteiger partial charge is 0.271 e. The Kier molecular flexibility index (Phi) is 10.5. The van der Waals surface area contributed by atoms with E-state index in [0.717, 1.165) is 55.3 Å². The van der Waals surface area contributed by atoms with Crippen LogP contribution in [0.15, 0.2) is 102 Å². The molecule has 1 heterocycles. The summed E-state index contributed by atoms with van der Waals surface area (Å²) in [6.07, 6.45) is 1.55. The van der Waals surface area contributed by atoms with E-state index in [1.54, 1.807) is 61.9 Å². The maximum Gasteiger partial charge on any atom is 0.271 e. The second-order valence-corrected chi connectivity index (χ2v) is 10.7. The first-order valence-corrected chi connectivity index (χ1v) is 14.7. The van der Waals surface area contributed by atoms with Crippen molar-refractivity contribution < 1.29 is 19.1 Å².